The Morgan fingerprint density at radius 3 is 2.74 bits per heavy atom. The number of rotatable bonds is 12. The maximum Gasteiger partial charge on any atom is 0.302 e. The largest absolute Gasteiger partial charge is 0.504 e. The van der Waals surface area contributed by atoms with Crippen LogP contribution in [0.3, 0.4) is 0 Å². The number of nitrogens with two attached hydrogens (primary N) is 1. The van der Waals surface area contributed by atoms with Gasteiger partial charge in [0.1, 0.15) is 12.2 Å². The van der Waals surface area contributed by atoms with Crippen LogP contribution in [-0.2, 0) is 16.0 Å². The molecule has 1 aliphatic carbocycles. The van der Waals surface area contributed by atoms with E-state index in [1.807, 2.05) is 12.1 Å². The summed E-state index contributed by atoms with van der Waals surface area (Å²) in [7, 11) is 1.66. The summed E-state index contributed by atoms with van der Waals surface area (Å²) in [4.78, 5) is 16.2. The smallest absolute Gasteiger partial charge is 0.302 e. The number of aromatic hydroxyl groups is 1. The van der Waals surface area contributed by atoms with Gasteiger partial charge in [0.25, 0.3) is 0 Å². The molecule has 1 aromatic rings. The molecule has 1 saturated heterocycles. The minimum absolute atomic E-state index is 0.0544. The van der Waals surface area contributed by atoms with E-state index in [2.05, 4.69) is 41.3 Å². The predicted octanol–water partition coefficient (Wildman–Crippen LogP) is 4.29. The van der Waals surface area contributed by atoms with Crippen molar-refractivity contribution in [2.45, 2.75) is 110 Å². The summed E-state index contributed by atoms with van der Waals surface area (Å²) in [6.07, 6.45) is 7.82. The number of aliphatic hydroxyl groups is 1. The van der Waals surface area contributed by atoms with Crippen molar-refractivity contribution in [3.63, 3.8) is 0 Å². The van der Waals surface area contributed by atoms with Crippen molar-refractivity contribution < 1.29 is 24.5 Å². The molecule has 240 valence electrons. The standard InChI is InChI=1S/C34H54N4O5/c1-5-6-7-9-24(2)34(23-38-33(35)36-4)16-8-10-27(31(42-25(3)39)22-28(40)13-17-34)20-26-11-12-30(41)32(21-26)43-29-14-18-37-19-15-29/h11-12,21,24,27-29,31,37,40-41H,5-7,9-10,13-15,17-20,22-23H2,1-4H3,(H3,35,36,38)/t24-,27+,28-,31-,34+/m0/s1. The molecular weight excluding hydrogens is 544 g/mol. The average Bonchev–Trinajstić information content (AvgIpc) is 2.99. The number of aliphatic imine (C=N–C) groups is 1. The van der Waals surface area contributed by atoms with Crippen LogP contribution >= 0.6 is 0 Å². The molecule has 9 nitrogen and oxygen atoms in total. The summed E-state index contributed by atoms with van der Waals surface area (Å²) in [5, 5.41) is 28.4. The van der Waals surface area contributed by atoms with Gasteiger partial charge in [-0.1, -0.05) is 45.1 Å². The molecule has 5 atom stereocenters. The van der Waals surface area contributed by atoms with Gasteiger partial charge in [-0.25, -0.2) is 0 Å². The van der Waals surface area contributed by atoms with Gasteiger partial charge in [0.05, 0.1) is 11.5 Å². The molecule has 1 heterocycles. The second kappa shape index (κ2) is 17.4. The normalized spacial score (nSPS) is 26.1. The van der Waals surface area contributed by atoms with E-state index in [0.29, 0.717) is 50.4 Å². The van der Waals surface area contributed by atoms with Crippen LogP contribution in [0.25, 0.3) is 0 Å². The number of hydrogen-bond donors (Lipinski definition) is 5. The molecule has 1 aliphatic heterocycles. The van der Waals surface area contributed by atoms with Gasteiger partial charge in [0.15, 0.2) is 17.5 Å². The molecule has 0 spiro atoms. The molecule has 43 heavy (non-hydrogen) atoms. The van der Waals surface area contributed by atoms with Crippen molar-refractivity contribution >= 4 is 11.9 Å². The van der Waals surface area contributed by atoms with Crippen LogP contribution in [0.1, 0.15) is 90.5 Å². The lowest BCUT2D eigenvalue weighted by Gasteiger charge is -2.37. The molecule has 9 heteroatoms. The highest BCUT2D eigenvalue weighted by Gasteiger charge is 2.37. The SMILES string of the molecule is CCCCC[C@H](C)[C@]1(CNC(N)=NC)C#CC[C@H](Cc2ccc(O)c(OC3CCNCC3)c2)[C@@H](OC(C)=O)C[C@@H](O)CC1. The number of carbonyl (C=O) groups is 1. The van der Waals surface area contributed by atoms with E-state index >= 15 is 0 Å². The monoisotopic (exact) mass is 598 g/mol. The third-order valence-corrected chi connectivity index (χ3v) is 9.08. The van der Waals surface area contributed by atoms with Gasteiger partial charge in [-0.3, -0.25) is 9.79 Å². The number of aliphatic hydroxyl groups excluding tert-OH is 1. The summed E-state index contributed by atoms with van der Waals surface area (Å²) >= 11 is 0. The molecule has 0 saturated carbocycles. The number of piperidine rings is 1. The highest BCUT2D eigenvalue weighted by molar-refractivity contribution is 5.77. The zero-order chi connectivity index (χ0) is 31.2. The zero-order valence-corrected chi connectivity index (χ0v) is 26.7. The van der Waals surface area contributed by atoms with Crippen LogP contribution in [0, 0.1) is 29.1 Å². The zero-order valence-electron chi connectivity index (χ0n) is 26.7. The van der Waals surface area contributed by atoms with Crippen LogP contribution in [0.2, 0.25) is 0 Å². The number of guanidine groups is 1. The maximum absolute atomic E-state index is 12.2. The third kappa shape index (κ3) is 10.9. The molecule has 0 unspecified atom stereocenters. The number of hydrogen-bond acceptors (Lipinski definition) is 7. The number of carbonyl (C=O) groups excluding carboxylic acids is 1. The first-order chi connectivity index (χ1) is 20.7. The number of benzene rings is 1. The van der Waals surface area contributed by atoms with E-state index in [4.69, 9.17) is 15.2 Å². The van der Waals surface area contributed by atoms with Crippen molar-refractivity contribution in [1.82, 2.24) is 10.6 Å². The first-order valence-electron chi connectivity index (χ1n) is 16.2. The van der Waals surface area contributed by atoms with E-state index < -0.39 is 17.6 Å². The lowest BCUT2D eigenvalue weighted by Crippen LogP contribution is -2.44. The quantitative estimate of drug-likeness (QED) is 0.0790. The Balaban J connectivity index is 1.92. The van der Waals surface area contributed by atoms with Gasteiger partial charge in [-0.2, -0.15) is 0 Å². The molecular formula is C34H54N4O5. The molecule has 0 bridgehead atoms. The fraction of sp³-hybridized carbons (Fsp3) is 0.706. The van der Waals surface area contributed by atoms with Crippen LogP contribution in [-0.4, -0.2) is 67.1 Å². The number of unbranched alkanes of at least 4 members (excludes halogenated alkanes) is 2. The Bertz CT molecular complexity index is 1110. The molecule has 0 radical (unpaired) electrons. The molecule has 0 amide bonds. The molecule has 3 rings (SSSR count). The number of nitrogens with zero attached hydrogens (tertiary/aromatic N) is 1. The Labute approximate surface area is 258 Å². The number of phenols is 1. The fourth-order valence-electron chi connectivity index (χ4n) is 6.27. The summed E-state index contributed by atoms with van der Waals surface area (Å²) in [6.45, 7) is 8.21. The van der Waals surface area contributed by atoms with E-state index in [-0.39, 0.29) is 29.7 Å². The molecule has 6 N–H and O–H groups in total. The Hall–Kier alpha value is -2.96. The summed E-state index contributed by atoms with van der Waals surface area (Å²) in [5.41, 5.74) is 6.61. The third-order valence-electron chi connectivity index (χ3n) is 9.08. The Morgan fingerprint density at radius 1 is 1.28 bits per heavy atom. The van der Waals surface area contributed by atoms with E-state index in [1.165, 1.54) is 13.3 Å². The second-order valence-corrected chi connectivity index (χ2v) is 12.4. The van der Waals surface area contributed by atoms with Gasteiger partial charge in [-0.15, -0.1) is 5.92 Å². The molecule has 1 aromatic carbocycles. The predicted molar refractivity (Wildman–Crippen MR) is 171 cm³/mol. The lowest BCUT2D eigenvalue weighted by molar-refractivity contribution is -0.151. The van der Waals surface area contributed by atoms with Gasteiger partial charge in [0, 0.05) is 39.3 Å². The highest BCUT2D eigenvalue weighted by Crippen LogP contribution is 2.38. The van der Waals surface area contributed by atoms with Crippen molar-refractivity contribution in [1.29, 1.82) is 0 Å². The maximum atomic E-state index is 12.2. The summed E-state index contributed by atoms with van der Waals surface area (Å²) < 4.78 is 12.0. The van der Waals surface area contributed by atoms with E-state index in [0.717, 1.165) is 50.8 Å². The van der Waals surface area contributed by atoms with Crippen molar-refractivity contribution in [3.05, 3.63) is 23.8 Å². The second-order valence-electron chi connectivity index (χ2n) is 12.4. The lowest BCUT2D eigenvalue weighted by atomic mass is 9.70. The van der Waals surface area contributed by atoms with Crippen molar-refractivity contribution in [2.75, 3.05) is 26.7 Å². The van der Waals surface area contributed by atoms with E-state index in [1.54, 1.807) is 13.1 Å². The number of phenolic OH excluding ortho intramolecular Hbond substituents is 1. The highest BCUT2D eigenvalue weighted by atomic mass is 16.5. The van der Waals surface area contributed by atoms with Gasteiger partial charge in [0.2, 0.25) is 0 Å². The van der Waals surface area contributed by atoms with Crippen LogP contribution < -0.4 is 21.1 Å². The Morgan fingerprint density at radius 2 is 2.05 bits per heavy atom. The molecule has 0 aromatic heterocycles. The number of nitrogens with one attached hydrogen (secondary N) is 2. The van der Waals surface area contributed by atoms with E-state index in [9.17, 15) is 15.0 Å². The van der Waals surface area contributed by atoms with Crippen LogP contribution in [0.4, 0.5) is 0 Å². The summed E-state index contributed by atoms with van der Waals surface area (Å²) in [5.74, 6) is 7.88. The number of ether oxygens (including phenoxy) is 2. The van der Waals surface area contributed by atoms with Gasteiger partial charge >= 0.3 is 5.97 Å². The summed E-state index contributed by atoms with van der Waals surface area (Å²) in [6, 6.07) is 5.44. The molecule has 2 aliphatic rings. The van der Waals surface area contributed by atoms with Crippen LogP contribution in [0.5, 0.6) is 11.5 Å². The van der Waals surface area contributed by atoms with Gasteiger partial charge in [-0.05, 0) is 75.2 Å². The van der Waals surface area contributed by atoms with Gasteiger partial charge < -0.3 is 36.1 Å². The average molecular weight is 599 g/mol. The minimum atomic E-state index is -0.648. The van der Waals surface area contributed by atoms with Crippen molar-refractivity contribution in [2.24, 2.45) is 28.0 Å². The minimum Gasteiger partial charge on any atom is -0.504 e. The number of esters is 1. The molecule has 1 fully saturated rings. The fourth-order valence-corrected chi connectivity index (χ4v) is 6.27. The first kappa shape index (κ1) is 34.5. The topological polar surface area (TPSA) is 138 Å². The Kier molecular flexibility index (Phi) is 13.9. The first-order valence-corrected chi connectivity index (χ1v) is 16.2. The van der Waals surface area contributed by atoms with Crippen LogP contribution in [0.15, 0.2) is 23.2 Å². The van der Waals surface area contributed by atoms with Crippen molar-refractivity contribution in [3.8, 4) is 23.3 Å².